The van der Waals surface area contributed by atoms with E-state index in [0.717, 1.165) is 0 Å². The van der Waals surface area contributed by atoms with Gasteiger partial charge in [-0.2, -0.15) is 0 Å². The topological polar surface area (TPSA) is 74.6 Å². The van der Waals surface area contributed by atoms with Crippen molar-refractivity contribution in [2.45, 2.75) is 65.3 Å². The molecule has 128 valence electrons. The van der Waals surface area contributed by atoms with E-state index >= 15 is 0 Å². The summed E-state index contributed by atoms with van der Waals surface area (Å²) in [6.45, 7) is 13.4. The molecule has 1 N–H and O–H groups in total. The molecule has 0 spiro atoms. The zero-order chi connectivity index (χ0) is 17.6. The van der Waals surface area contributed by atoms with Gasteiger partial charge in [0.05, 0.1) is 17.4 Å². The molecule has 1 aromatic rings. The Balaban J connectivity index is 2.13. The SMILES string of the molecule is Cn1c(NC(=O)OC(C)(C)C)cnc1B1OC(C)(C)C(C)(C)O1. The zero-order valence-corrected chi connectivity index (χ0v) is 15.2. The van der Waals surface area contributed by atoms with Crippen LogP contribution in [0.1, 0.15) is 48.5 Å². The molecule has 23 heavy (non-hydrogen) atoms. The molecule has 1 saturated heterocycles. The molecule has 1 aliphatic rings. The molecule has 0 aliphatic carbocycles. The fraction of sp³-hybridized carbons (Fsp3) is 0.733. The van der Waals surface area contributed by atoms with Crippen molar-refractivity contribution in [2.75, 3.05) is 5.32 Å². The Labute approximate surface area is 137 Å². The van der Waals surface area contributed by atoms with Gasteiger partial charge < -0.3 is 18.6 Å². The van der Waals surface area contributed by atoms with E-state index in [-0.39, 0.29) is 0 Å². The minimum atomic E-state index is -0.584. The Morgan fingerprint density at radius 3 is 2.26 bits per heavy atom. The number of hydrogen-bond acceptors (Lipinski definition) is 5. The normalized spacial score (nSPS) is 19.7. The van der Waals surface area contributed by atoms with Gasteiger partial charge >= 0.3 is 13.2 Å². The van der Waals surface area contributed by atoms with Crippen LogP contribution in [0.5, 0.6) is 0 Å². The van der Waals surface area contributed by atoms with Crippen molar-refractivity contribution in [3.05, 3.63) is 6.20 Å². The van der Waals surface area contributed by atoms with Gasteiger partial charge in [-0.3, -0.25) is 5.32 Å². The first kappa shape index (κ1) is 17.8. The predicted molar refractivity (Wildman–Crippen MR) is 88.8 cm³/mol. The van der Waals surface area contributed by atoms with Crippen LogP contribution >= 0.6 is 0 Å². The molecule has 0 unspecified atom stereocenters. The zero-order valence-electron chi connectivity index (χ0n) is 15.2. The second kappa shape index (κ2) is 5.52. The average Bonchev–Trinajstić information content (AvgIpc) is 2.76. The van der Waals surface area contributed by atoms with Crippen molar-refractivity contribution < 1.29 is 18.8 Å². The summed E-state index contributed by atoms with van der Waals surface area (Å²) in [5, 5.41) is 2.68. The quantitative estimate of drug-likeness (QED) is 0.843. The molecule has 2 heterocycles. The number of aromatic nitrogens is 2. The summed E-state index contributed by atoms with van der Waals surface area (Å²) in [6, 6.07) is 0. The number of rotatable bonds is 2. The van der Waals surface area contributed by atoms with Crippen LogP contribution in [-0.4, -0.2) is 39.6 Å². The molecule has 0 atom stereocenters. The maximum atomic E-state index is 11.9. The number of imidazole rings is 1. The van der Waals surface area contributed by atoms with Gasteiger partial charge in [-0.1, -0.05) is 0 Å². The number of hydrogen-bond donors (Lipinski definition) is 1. The monoisotopic (exact) mass is 323 g/mol. The minimum absolute atomic E-state index is 0.442. The molecule has 0 bridgehead atoms. The van der Waals surface area contributed by atoms with Gasteiger partial charge in [-0.25, -0.2) is 9.78 Å². The second-order valence-corrected chi connectivity index (χ2v) is 7.78. The van der Waals surface area contributed by atoms with Crippen LogP contribution in [0.15, 0.2) is 6.20 Å². The van der Waals surface area contributed by atoms with Crippen molar-refractivity contribution in [1.29, 1.82) is 0 Å². The highest BCUT2D eigenvalue weighted by Gasteiger charge is 2.53. The van der Waals surface area contributed by atoms with Gasteiger partial charge in [-0.05, 0) is 48.5 Å². The van der Waals surface area contributed by atoms with Crippen molar-refractivity contribution in [3.63, 3.8) is 0 Å². The van der Waals surface area contributed by atoms with Crippen molar-refractivity contribution in [2.24, 2.45) is 7.05 Å². The molecule has 0 radical (unpaired) electrons. The third kappa shape index (κ3) is 3.69. The fourth-order valence-corrected chi connectivity index (χ4v) is 2.12. The summed E-state index contributed by atoms with van der Waals surface area (Å²) in [6.07, 6.45) is 1.03. The van der Waals surface area contributed by atoms with Gasteiger partial charge in [0.2, 0.25) is 0 Å². The van der Waals surface area contributed by atoms with Gasteiger partial charge in [0.25, 0.3) is 0 Å². The lowest BCUT2D eigenvalue weighted by Crippen LogP contribution is -2.41. The first-order valence-corrected chi connectivity index (χ1v) is 7.70. The van der Waals surface area contributed by atoms with Crippen LogP contribution in [0.25, 0.3) is 0 Å². The fourth-order valence-electron chi connectivity index (χ4n) is 2.12. The molecule has 2 rings (SSSR count). The van der Waals surface area contributed by atoms with Gasteiger partial charge in [0, 0.05) is 7.05 Å². The standard InChI is InChI=1S/C15H26BN3O4/c1-13(2,3)21-12(20)18-10-9-17-11(19(10)8)16-22-14(4,5)15(6,7)23-16/h9H,1-8H3,(H,18,20). The maximum absolute atomic E-state index is 11.9. The predicted octanol–water partition coefficient (Wildman–Crippen LogP) is 2.07. The number of ether oxygens (including phenoxy) is 1. The Bertz CT molecular complexity index is 588. The highest BCUT2D eigenvalue weighted by molar-refractivity contribution is 6.60. The largest absolute Gasteiger partial charge is 0.532 e. The van der Waals surface area contributed by atoms with Gasteiger partial charge in [-0.15, -0.1) is 0 Å². The summed E-state index contributed by atoms with van der Waals surface area (Å²) in [5.41, 5.74) is -0.850. The number of nitrogens with zero attached hydrogens (tertiary/aromatic N) is 2. The molecular weight excluding hydrogens is 297 g/mol. The highest BCUT2D eigenvalue weighted by Crippen LogP contribution is 2.36. The molecule has 1 aromatic heterocycles. The first-order chi connectivity index (χ1) is 10.3. The Morgan fingerprint density at radius 2 is 1.78 bits per heavy atom. The first-order valence-electron chi connectivity index (χ1n) is 7.70. The van der Waals surface area contributed by atoms with E-state index in [4.69, 9.17) is 14.0 Å². The molecule has 8 heteroatoms. The summed E-state index contributed by atoms with van der Waals surface area (Å²) in [5.74, 6) is 0.518. The van der Waals surface area contributed by atoms with Gasteiger partial charge in [0.15, 0.2) is 0 Å². The number of carbonyl (C=O) groups excluding carboxylic acids is 1. The van der Waals surface area contributed by atoms with Crippen LogP contribution in [0.3, 0.4) is 0 Å². The van der Waals surface area contributed by atoms with E-state index in [9.17, 15) is 4.79 Å². The Morgan fingerprint density at radius 1 is 1.26 bits per heavy atom. The number of carbonyl (C=O) groups is 1. The number of anilines is 1. The van der Waals surface area contributed by atoms with Crippen LogP contribution < -0.4 is 11.0 Å². The molecule has 1 fully saturated rings. The summed E-state index contributed by atoms with van der Waals surface area (Å²) in [4.78, 5) is 16.2. The average molecular weight is 323 g/mol. The van der Waals surface area contributed by atoms with E-state index in [1.54, 1.807) is 17.8 Å². The third-order valence-electron chi connectivity index (χ3n) is 4.12. The van der Waals surface area contributed by atoms with E-state index in [2.05, 4.69) is 10.3 Å². The molecule has 7 nitrogen and oxygen atoms in total. The Hall–Kier alpha value is -1.54. The Kier molecular flexibility index (Phi) is 4.28. The number of amides is 1. The van der Waals surface area contributed by atoms with E-state index in [1.807, 2.05) is 48.5 Å². The van der Waals surface area contributed by atoms with Gasteiger partial charge in [0.1, 0.15) is 17.1 Å². The van der Waals surface area contributed by atoms with Crippen molar-refractivity contribution in [1.82, 2.24) is 9.55 Å². The third-order valence-corrected chi connectivity index (χ3v) is 4.12. The maximum Gasteiger partial charge on any atom is 0.532 e. The lowest BCUT2D eigenvalue weighted by molar-refractivity contribution is 0.00578. The van der Waals surface area contributed by atoms with E-state index < -0.39 is 30.0 Å². The number of nitrogens with one attached hydrogen (secondary N) is 1. The van der Waals surface area contributed by atoms with E-state index in [0.29, 0.717) is 11.5 Å². The molecule has 1 amide bonds. The van der Waals surface area contributed by atoms with Crippen LogP contribution in [0, 0.1) is 0 Å². The van der Waals surface area contributed by atoms with Crippen molar-refractivity contribution in [3.8, 4) is 0 Å². The van der Waals surface area contributed by atoms with Crippen LogP contribution in [0.2, 0.25) is 0 Å². The second-order valence-electron chi connectivity index (χ2n) is 7.78. The molecule has 0 saturated carbocycles. The van der Waals surface area contributed by atoms with Crippen LogP contribution in [-0.2, 0) is 21.1 Å². The lowest BCUT2D eigenvalue weighted by atomic mass is 9.89. The summed E-state index contributed by atoms with van der Waals surface area (Å²) < 4.78 is 18.9. The molecule has 0 aromatic carbocycles. The molecule has 1 aliphatic heterocycles. The molecular formula is C15H26BN3O4. The minimum Gasteiger partial charge on any atom is -0.444 e. The van der Waals surface area contributed by atoms with Crippen LogP contribution in [0.4, 0.5) is 10.6 Å². The highest BCUT2D eigenvalue weighted by atomic mass is 16.7. The van der Waals surface area contributed by atoms with E-state index in [1.165, 1.54) is 0 Å². The lowest BCUT2D eigenvalue weighted by Gasteiger charge is -2.32. The van der Waals surface area contributed by atoms with Crippen molar-refractivity contribution >= 4 is 24.8 Å². The summed E-state index contributed by atoms with van der Waals surface area (Å²) >= 11 is 0. The summed E-state index contributed by atoms with van der Waals surface area (Å²) in [7, 11) is 1.21. The smallest absolute Gasteiger partial charge is 0.444 e.